The van der Waals surface area contributed by atoms with E-state index < -0.39 is 0 Å². The van der Waals surface area contributed by atoms with Crippen LogP contribution in [0, 0.1) is 6.92 Å². The largest absolute Gasteiger partial charge is 0.489 e. The fourth-order valence-electron chi connectivity index (χ4n) is 2.77. The van der Waals surface area contributed by atoms with E-state index in [-0.39, 0.29) is 0 Å². The van der Waals surface area contributed by atoms with E-state index in [9.17, 15) is 0 Å². The van der Waals surface area contributed by atoms with Gasteiger partial charge in [0.1, 0.15) is 12.4 Å². The van der Waals surface area contributed by atoms with Gasteiger partial charge in [-0.1, -0.05) is 30.3 Å². The summed E-state index contributed by atoms with van der Waals surface area (Å²) < 4.78 is 5.87. The van der Waals surface area contributed by atoms with Gasteiger partial charge in [-0.3, -0.25) is 0 Å². The van der Waals surface area contributed by atoms with Crippen molar-refractivity contribution in [1.29, 1.82) is 0 Å². The van der Waals surface area contributed by atoms with Crippen LogP contribution in [0.5, 0.6) is 5.75 Å². The van der Waals surface area contributed by atoms with Crippen LogP contribution < -0.4 is 9.64 Å². The molecule has 0 saturated carbocycles. The smallest absolute Gasteiger partial charge is 0.120 e. The molecule has 0 N–H and O–H groups in total. The maximum atomic E-state index is 5.87. The number of nitrogens with zero attached hydrogens (tertiary/aromatic N) is 1. The maximum Gasteiger partial charge on any atom is 0.120 e. The highest BCUT2D eigenvalue weighted by molar-refractivity contribution is 5.56. The molecule has 0 atom stereocenters. The Hall–Kier alpha value is -1.96. The number of anilines is 1. The summed E-state index contributed by atoms with van der Waals surface area (Å²) >= 11 is 0. The first-order chi connectivity index (χ1) is 9.83. The van der Waals surface area contributed by atoms with Crippen LogP contribution in [0.25, 0.3) is 0 Å². The lowest BCUT2D eigenvalue weighted by molar-refractivity contribution is 0.306. The molecule has 0 radical (unpaired) electrons. The summed E-state index contributed by atoms with van der Waals surface area (Å²) in [4.78, 5) is 2.47. The predicted octanol–water partition coefficient (Wildman–Crippen LogP) is 4.17. The van der Waals surface area contributed by atoms with Gasteiger partial charge in [0.25, 0.3) is 0 Å². The number of ether oxygens (including phenoxy) is 1. The minimum atomic E-state index is 0.628. The average molecular weight is 267 g/mol. The second kappa shape index (κ2) is 6.00. The summed E-state index contributed by atoms with van der Waals surface area (Å²) in [5, 5.41) is 0. The van der Waals surface area contributed by atoms with E-state index >= 15 is 0 Å². The molecule has 2 aromatic rings. The summed E-state index contributed by atoms with van der Waals surface area (Å²) in [6, 6.07) is 16.7. The molecule has 20 heavy (non-hydrogen) atoms. The van der Waals surface area contributed by atoms with Crippen molar-refractivity contribution in [2.45, 2.75) is 26.4 Å². The van der Waals surface area contributed by atoms with Crippen LogP contribution >= 0.6 is 0 Å². The predicted molar refractivity (Wildman–Crippen MR) is 83.4 cm³/mol. The molecule has 0 amide bonds. The molecule has 1 heterocycles. The van der Waals surface area contributed by atoms with Gasteiger partial charge in [-0.2, -0.15) is 0 Å². The fraction of sp³-hybridized carbons (Fsp3) is 0.333. The highest BCUT2D eigenvalue weighted by atomic mass is 16.5. The zero-order valence-corrected chi connectivity index (χ0v) is 12.0. The van der Waals surface area contributed by atoms with Crippen LogP contribution in [0.3, 0.4) is 0 Å². The van der Waals surface area contributed by atoms with Crippen LogP contribution in [0.15, 0.2) is 48.5 Å². The Morgan fingerprint density at radius 1 is 1.00 bits per heavy atom. The zero-order valence-electron chi connectivity index (χ0n) is 12.0. The van der Waals surface area contributed by atoms with Gasteiger partial charge in [0, 0.05) is 18.8 Å². The second-order valence-electron chi connectivity index (χ2n) is 5.42. The third kappa shape index (κ3) is 2.96. The monoisotopic (exact) mass is 267 g/mol. The number of hydrogen-bond donors (Lipinski definition) is 0. The number of rotatable bonds is 4. The molecule has 2 aromatic carbocycles. The zero-order chi connectivity index (χ0) is 13.8. The number of hydrogen-bond acceptors (Lipinski definition) is 2. The van der Waals surface area contributed by atoms with Crippen molar-refractivity contribution >= 4 is 5.69 Å². The van der Waals surface area contributed by atoms with Gasteiger partial charge in [-0.25, -0.2) is 0 Å². The third-order valence-corrected chi connectivity index (χ3v) is 3.86. The first kappa shape index (κ1) is 13.0. The molecule has 0 spiro atoms. The average Bonchev–Trinajstić information content (AvgIpc) is 3.00. The molecule has 3 rings (SSSR count). The van der Waals surface area contributed by atoms with E-state index in [2.05, 4.69) is 42.2 Å². The van der Waals surface area contributed by atoms with Crippen LogP contribution in [-0.4, -0.2) is 13.1 Å². The second-order valence-corrected chi connectivity index (χ2v) is 5.42. The molecule has 1 saturated heterocycles. The number of benzene rings is 2. The van der Waals surface area contributed by atoms with E-state index in [1.54, 1.807) is 0 Å². The van der Waals surface area contributed by atoms with Crippen molar-refractivity contribution in [3.63, 3.8) is 0 Å². The third-order valence-electron chi connectivity index (χ3n) is 3.86. The van der Waals surface area contributed by atoms with E-state index in [4.69, 9.17) is 4.74 Å². The Morgan fingerprint density at radius 3 is 2.45 bits per heavy atom. The van der Waals surface area contributed by atoms with Gasteiger partial charge < -0.3 is 9.64 Å². The van der Waals surface area contributed by atoms with Crippen LogP contribution in [-0.2, 0) is 6.61 Å². The van der Waals surface area contributed by atoms with Crippen molar-refractivity contribution in [2.24, 2.45) is 0 Å². The van der Waals surface area contributed by atoms with Crippen molar-refractivity contribution < 1.29 is 4.74 Å². The SMILES string of the molecule is Cc1cc(OCc2ccccc2)ccc1N1CCCC1. The number of aryl methyl sites for hydroxylation is 1. The minimum absolute atomic E-state index is 0.628. The first-order valence-electron chi connectivity index (χ1n) is 7.35. The molecule has 0 aliphatic carbocycles. The van der Waals surface area contributed by atoms with E-state index in [1.165, 1.54) is 42.7 Å². The van der Waals surface area contributed by atoms with Crippen LogP contribution in [0.1, 0.15) is 24.0 Å². The lowest BCUT2D eigenvalue weighted by Gasteiger charge is -2.20. The Balaban J connectivity index is 1.67. The first-order valence-corrected chi connectivity index (χ1v) is 7.35. The highest BCUT2D eigenvalue weighted by Gasteiger charge is 2.14. The molecule has 1 fully saturated rings. The standard InChI is InChI=1S/C18H21NO/c1-15-13-17(20-14-16-7-3-2-4-8-16)9-10-18(15)19-11-5-6-12-19/h2-4,7-10,13H,5-6,11-12,14H2,1H3. The molecular weight excluding hydrogens is 246 g/mol. The fourth-order valence-corrected chi connectivity index (χ4v) is 2.77. The van der Waals surface area contributed by atoms with Gasteiger partial charge in [0.2, 0.25) is 0 Å². The van der Waals surface area contributed by atoms with Gasteiger partial charge >= 0.3 is 0 Å². The summed E-state index contributed by atoms with van der Waals surface area (Å²) in [5.41, 5.74) is 3.86. The van der Waals surface area contributed by atoms with E-state index in [0.29, 0.717) is 6.61 Å². The van der Waals surface area contributed by atoms with Gasteiger partial charge in [0.05, 0.1) is 0 Å². The minimum Gasteiger partial charge on any atom is -0.489 e. The molecule has 1 aliphatic heterocycles. The summed E-state index contributed by atoms with van der Waals surface area (Å²) in [6.45, 7) is 5.17. The Bertz CT molecular complexity index is 559. The maximum absolute atomic E-state index is 5.87. The molecular formula is C18H21NO. The van der Waals surface area contributed by atoms with E-state index in [1.807, 2.05) is 18.2 Å². The molecule has 2 nitrogen and oxygen atoms in total. The Morgan fingerprint density at radius 2 is 1.75 bits per heavy atom. The van der Waals surface area contributed by atoms with Crippen molar-refractivity contribution in [2.75, 3.05) is 18.0 Å². The molecule has 0 bridgehead atoms. The highest BCUT2D eigenvalue weighted by Crippen LogP contribution is 2.27. The topological polar surface area (TPSA) is 12.5 Å². The van der Waals surface area contributed by atoms with Crippen molar-refractivity contribution in [3.05, 3.63) is 59.7 Å². The van der Waals surface area contributed by atoms with Crippen LogP contribution in [0.4, 0.5) is 5.69 Å². The summed E-state index contributed by atoms with van der Waals surface area (Å²) in [7, 11) is 0. The normalized spacial score (nSPS) is 14.6. The van der Waals surface area contributed by atoms with Crippen molar-refractivity contribution in [1.82, 2.24) is 0 Å². The molecule has 104 valence electrons. The van der Waals surface area contributed by atoms with Gasteiger partial charge in [-0.05, 0) is 49.1 Å². The molecule has 2 heteroatoms. The van der Waals surface area contributed by atoms with Crippen LogP contribution in [0.2, 0.25) is 0 Å². The quantitative estimate of drug-likeness (QED) is 0.824. The van der Waals surface area contributed by atoms with Crippen molar-refractivity contribution in [3.8, 4) is 5.75 Å². The lowest BCUT2D eigenvalue weighted by atomic mass is 10.1. The Labute approximate surface area is 121 Å². The molecule has 1 aliphatic rings. The molecule has 0 aromatic heterocycles. The summed E-state index contributed by atoms with van der Waals surface area (Å²) in [5.74, 6) is 0.953. The Kier molecular flexibility index (Phi) is 3.91. The van der Waals surface area contributed by atoms with Gasteiger partial charge in [-0.15, -0.1) is 0 Å². The lowest BCUT2D eigenvalue weighted by Crippen LogP contribution is -2.18. The molecule has 0 unspecified atom stereocenters. The summed E-state index contributed by atoms with van der Waals surface area (Å²) in [6.07, 6.45) is 2.62. The van der Waals surface area contributed by atoms with Gasteiger partial charge in [0.15, 0.2) is 0 Å². The van der Waals surface area contributed by atoms with E-state index in [0.717, 1.165) is 5.75 Å².